The molecule has 0 amide bonds. The third-order valence-corrected chi connectivity index (χ3v) is 6.85. The van der Waals surface area contributed by atoms with Crippen molar-refractivity contribution < 1.29 is 12.9 Å². The maximum atomic E-state index is 12.9. The number of aromatic nitrogens is 3. The van der Waals surface area contributed by atoms with E-state index in [1.165, 1.54) is 6.33 Å². The zero-order valence-corrected chi connectivity index (χ0v) is 15.8. The van der Waals surface area contributed by atoms with Gasteiger partial charge in [-0.2, -0.15) is 0 Å². The molecule has 4 rings (SSSR count). The van der Waals surface area contributed by atoms with E-state index in [0.29, 0.717) is 24.4 Å². The van der Waals surface area contributed by atoms with Crippen molar-refractivity contribution >= 4 is 26.8 Å². The average molecular weight is 387 g/mol. The lowest BCUT2D eigenvalue weighted by Gasteiger charge is -2.36. The number of nitrogens with zero attached hydrogens (tertiary/aromatic N) is 5. The maximum Gasteiger partial charge on any atom is 0.220 e. The molecule has 0 N–H and O–H groups in total. The molecule has 0 atom stereocenters. The van der Waals surface area contributed by atoms with Crippen LogP contribution in [0.3, 0.4) is 0 Å². The Hall–Kier alpha value is -2.52. The van der Waals surface area contributed by atoms with Gasteiger partial charge in [0.2, 0.25) is 10.0 Å². The van der Waals surface area contributed by atoms with Crippen LogP contribution in [-0.4, -0.2) is 54.0 Å². The summed E-state index contributed by atoms with van der Waals surface area (Å²) >= 11 is 0. The summed E-state index contributed by atoms with van der Waals surface area (Å²) < 4.78 is 32.5. The molecule has 0 spiro atoms. The minimum Gasteiger partial charge on any atom is -0.356 e. The topological polar surface area (TPSA) is 92.4 Å². The standard InChI is InChI=1S/C18H21N5O3S/c1-22(18-6-9-19-13-20-18)14-7-10-23(11-8-14)27(24,25)12-16-15-4-2-3-5-17(15)26-21-16/h2-6,9,13-14H,7-8,10-12H2,1H3. The van der Waals surface area contributed by atoms with Crippen LogP contribution in [0.4, 0.5) is 5.82 Å². The number of para-hydroxylation sites is 1. The molecule has 1 fully saturated rings. The third-order valence-electron chi connectivity index (χ3n) is 5.06. The van der Waals surface area contributed by atoms with Gasteiger partial charge >= 0.3 is 0 Å². The van der Waals surface area contributed by atoms with Gasteiger partial charge in [-0.15, -0.1) is 0 Å². The second-order valence-corrected chi connectivity index (χ2v) is 8.66. The van der Waals surface area contributed by atoms with E-state index < -0.39 is 10.0 Å². The van der Waals surface area contributed by atoms with Gasteiger partial charge in [0.05, 0.1) is 0 Å². The maximum absolute atomic E-state index is 12.9. The van der Waals surface area contributed by atoms with Crippen molar-refractivity contribution in [2.75, 3.05) is 25.0 Å². The number of fused-ring (bicyclic) bond motifs is 1. The molecule has 1 aliphatic heterocycles. The number of rotatable bonds is 5. The van der Waals surface area contributed by atoms with Gasteiger partial charge in [0, 0.05) is 37.8 Å². The van der Waals surface area contributed by atoms with Gasteiger partial charge < -0.3 is 9.42 Å². The molecule has 1 aromatic carbocycles. The first-order chi connectivity index (χ1) is 13.0. The van der Waals surface area contributed by atoms with Gasteiger partial charge in [0.25, 0.3) is 0 Å². The fourth-order valence-corrected chi connectivity index (χ4v) is 5.00. The van der Waals surface area contributed by atoms with Crippen LogP contribution in [0, 0.1) is 0 Å². The van der Waals surface area contributed by atoms with Gasteiger partial charge in [-0.1, -0.05) is 17.3 Å². The van der Waals surface area contributed by atoms with Crippen molar-refractivity contribution in [3.05, 3.63) is 48.5 Å². The molecular formula is C18H21N5O3S. The van der Waals surface area contributed by atoms with Crippen molar-refractivity contribution in [3.63, 3.8) is 0 Å². The van der Waals surface area contributed by atoms with E-state index in [4.69, 9.17) is 4.52 Å². The Morgan fingerprint density at radius 3 is 2.74 bits per heavy atom. The molecular weight excluding hydrogens is 366 g/mol. The summed E-state index contributed by atoms with van der Waals surface area (Å²) in [6.45, 7) is 0.969. The van der Waals surface area contributed by atoms with Crippen molar-refractivity contribution in [1.29, 1.82) is 0 Å². The fraction of sp³-hybridized carbons (Fsp3) is 0.389. The summed E-state index contributed by atoms with van der Waals surface area (Å²) in [4.78, 5) is 10.3. The molecule has 0 unspecified atom stereocenters. The largest absolute Gasteiger partial charge is 0.356 e. The zero-order chi connectivity index (χ0) is 18.9. The number of sulfonamides is 1. The Morgan fingerprint density at radius 1 is 1.22 bits per heavy atom. The van der Waals surface area contributed by atoms with E-state index in [2.05, 4.69) is 20.0 Å². The predicted molar refractivity (Wildman–Crippen MR) is 102 cm³/mol. The summed E-state index contributed by atoms with van der Waals surface area (Å²) in [5.74, 6) is 0.705. The van der Waals surface area contributed by atoms with Gasteiger partial charge in [0.15, 0.2) is 5.58 Å². The van der Waals surface area contributed by atoms with Gasteiger partial charge in [-0.25, -0.2) is 22.7 Å². The lowest BCUT2D eigenvalue weighted by Crippen LogP contribution is -2.46. The van der Waals surface area contributed by atoms with E-state index in [1.807, 2.05) is 31.3 Å². The zero-order valence-electron chi connectivity index (χ0n) is 15.0. The van der Waals surface area contributed by atoms with E-state index in [-0.39, 0.29) is 11.8 Å². The summed E-state index contributed by atoms with van der Waals surface area (Å²) in [7, 11) is -1.46. The van der Waals surface area contributed by atoms with E-state index in [9.17, 15) is 8.42 Å². The molecule has 142 valence electrons. The first-order valence-electron chi connectivity index (χ1n) is 8.84. The van der Waals surface area contributed by atoms with Crippen LogP contribution >= 0.6 is 0 Å². The molecule has 0 aliphatic carbocycles. The normalized spacial score (nSPS) is 16.6. The minimum absolute atomic E-state index is 0.142. The number of hydrogen-bond acceptors (Lipinski definition) is 7. The van der Waals surface area contributed by atoms with Crippen LogP contribution < -0.4 is 4.90 Å². The average Bonchev–Trinajstić information content (AvgIpc) is 3.10. The molecule has 2 aromatic heterocycles. The van der Waals surface area contributed by atoms with E-state index in [1.54, 1.807) is 16.6 Å². The smallest absolute Gasteiger partial charge is 0.220 e. The monoisotopic (exact) mass is 387 g/mol. The van der Waals surface area contributed by atoms with Crippen LogP contribution in [0.15, 0.2) is 47.4 Å². The van der Waals surface area contributed by atoms with Crippen LogP contribution in [0.5, 0.6) is 0 Å². The van der Waals surface area contributed by atoms with E-state index >= 15 is 0 Å². The molecule has 8 nitrogen and oxygen atoms in total. The van der Waals surface area contributed by atoms with Gasteiger partial charge in [-0.05, 0) is 31.0 Å². The van der Waals surface area contributed by atoms with Crippen LogP contribution in [0.2, 0.25) is 0 Å². The second kappa shape index (κ2) is 7.24. The van der Waals surface area contributed by atoms with Gasteiger partial charge in [0.1, 0.15) is 23.6 Å². The molecule has 0 radical (unpaired) electrons. The molecule has 27 heavy (non-hydrogen) atoms. The number of anilines is 1. The third kappa shape index (κ3) is 3.65. The number of piperidine rings is 1. The molecule has 1 saturated heterocycles. The highest BCUT2D eigenvalue weighted by atomic mass is 32.2. The summed E-state index contributed by atoms with van der Waals surface area (Å²) in [6, 6.07) is 9.42. The first kappa shape index (κ1) is 17.9. The highest BCUT2D eigenvalue weighted by molar-refractivity contribution is 7.88. The Morgan fingerprint density at radius 2 is 2.00 bits per heavy atom. The van der Waals surface area contributed by atoms with Crippen LogP contribution in [0.1, 0.15) is 18.5 Å². The van der Waals surface area contributed by atoms with Crippen molar-refractivity contribution in [2.45, 2.75) is 24.6 Å². The highest BCUT2D eigenvalue weighted by Gasteiger charge is 2.31. The molecule has 0 saturated carbocycles. The van der Waals surface area contributed by atoms with Crippen LogP contribution in [-0.2, 0) is 15.8 Å². The molecule has 0 bridgehead atoms. The summed E-state index contributed by atoms with van der Waals surface area (Å²) in [5.41, 5.74) is 1.07. The van der Waals surface area contributed by atoms with Gasteiger partial charge in [-0.3, -0.25) is 0 Å². The van der Waals surface area contributed by atoms with Crippen molar-refractivity contribution in [2.24, 2.45) is 0 Å². The number of benzene rings is 1. The molecule has 1 aliphatic rings. The quantitative estimate of drug-likeness (QED) is 0.661. The van der Waals surface area contributed by atoms with E-state index in [0.717, 1.165) is 24.0 Å². The number of hydrogen-bond donors (Lipinski definition) is 0. The van der Waals surface area contributed by atoms with Crippen molar-refractivity contribution in [1.82, 2.24) is 19.4 Å². The minimum atomic E-state index is -3.44. The van der Waals surface area contributed by atoms with Crippen molar-refractivity contribution in [3.8, 4) is 0 Å². The molecule has 9 heteroatoms. The Labute approximate surface area is 157 Å². The highest BCUT2D eigenvalue weighted by Crippen LogP contribution is 2.25. The Balaban J connectivity index is 1.42. The predicted octanol–water partition coefficient (Wildman–Crippen LogP) is 2.05. The lowest BCUT2D eigenvalue weighted by molar-refractivity contribution is 0.313. The molecule has 3 aromatic rings. The van der Waals surface area contributed by atoms with Crippen LogP contribution in [0.25, 0.3) is 11.0 Å². The summed E-state index contributed by atoms with van der Waals surface area (Å²) in [6.07, 6.45) is 4.73. The Kier molecular flexibility index (Phi) is 4.79. The first-order valence-corrected chi connectivity index (χ1v) is 10.5. The Bertz CT molecular complexity index is 1010. The SMILES string of the molecule is CN(c1ccncn1)C1CCN(S(=O)(=O)Cc2noc3ccccc23)CC1. The fourth-order valence-electron chi connectivity index (χ4n) is 3.49. The molecule has 3 heterocycles. The second-order valence-electron chi connectivity index (χ2n) is 6.69. The lowest BCUT2D eigenvalue weighted by atomic mass is 10.1. The summed E-state index contributed by atoms with van der Waals surface area (Å²) in [5, 5.41) is 4.70.